The molecule has 1 aliphatic carbocycles. The molecule has 0 amide bonds. The van der Waals surface area contributed by atoms with Crippen LogP contribution >= 0.6 is 11.6 Å². The van der Waals surface area contributed by atoms with E-state index in [-0.39, 0.29) is 11.4 Å². The van der Waals surface area contributed by atoms with Crippen molar-refractivity contribution in [2.75, 3.05) is 6.54 Å². The summed E-state index contributed by atoms with van der Waals surface area (Å²) in [6.07, 6.45) is 2.71. The standard InChI is InChI=1S/C18H18ClN5O3S/c1-23-15-7-8-24(28(25,26)13-4-2-3-12(19)9-13)10-14(15)16(21-23)18-20-17(22-27-18)11-5-6-11/h2-4,9,11H,5-8,10H2,1H3. The third-order valence-electron chi connectivity index (χ3n) is 5.23. The molecule has 5 rings (SSSR count). The lowest BCUT2D eigenvalue weighted by Gasteiger charge is -2.26. The van der Waals surface area contributed by atoms with Crippen LogP contribution in [0.25, 0.3) is 11.6 Å². The number of fused-ring (bicyclic) bond motifs is 1. The molecule has 0 radical (unpaired) electrons. The van der Waals surface area contributed by atoms with Crippen molar-refractivity contribution in [3.63, 3.8) is 0 Å². The maximum Gasteiger partial charge on any atom is 0.278 e. The van der Waals surface area contributed by atoms with Gasteiger partial charge >= 0.3 is 0 Å². The first-order valence-corrected chi connectivity index (χ1v) is 10.9. The topological polar surface area (TPSA) is 94.1 Å². The van der Waals surface area contributed by atoms with Gasteiger partial charge in [-0.2, -0.15) is 14.4 Å². The molecule has 0 spiro atoms. The van der Waals surface area contributed by atoms with Crippen molar-refractivity contribution >= 4 is 21.6 Å². The highest BCUT2D eigenvalue weighted by molar-refractivity contribution is 7.89. The van der Waals surface area contributed by atoms with E-state index < -0.39 is 10.0 Å². The molecule has 1 aromatic carbocycles. The normalized spacial score (nSPS) is 17.6. The Morgan fingerprint density at radius 2 is 2.11 bits per heavy atom. The minimum atomic E-state index is -3.67. The first-order chi connectivity index (χ1) is 13.4. The van der Waals surface area contributed by atoms with Crippen molar-refractivity contribution in [3.8, 4) is 11.6 Å². The van der Waals surface area contributed by atoms with Gasteiger partial charge in [0.05, 0.1) is 4.90 Å². The Kier molecular flexibility index (Phi) is 4.08. The van der Waals surface area contributed by atoms with Gasteiger partial charge in [0.25, 0.3) is 5.89 Å². The molecule has 0 N–H and O–H groups in total. The number of hydrogen-bond donors (Lipinski definition) is 0. The predicted molar refractivity (Wildman–Crippen MR) is 101 cm³/mol. The fraction of sp³-hybridized carbons (Fsp3) is 0.389. The Labute approximate surface area is 167 Å². The number of aryl methyl sites for hydroxylation is 1. The molecule has 0 bridgehead atoms. The van der Waals surface area contributed by atoms with Gasteiger partial charge in [-0.3, -0.25) is 4.68 Å². The van der Waals surface area contributed by atoms with Gasteiger partial charge in [-0.05, 0) is 31.0 Å². The van der Waals surface area contributed by atoms with Gasteiger partial charge < -0.3 is 4.52 Å². The smallest absolute Gasteiger partial charge is 0.278 e. The van der Waals surface area contributed by atoms with E-state index in [0.29, 0.717) is 41.3 Å². The van der Waals surface area contributed by atoms with Crippen LogP contribution < -0.4 is 0 Å². The fourth-order valence-electron chi connectivity index (χ4n) is 3.56. The van der Waals surface area contributed by atoms with Crippen molar-refractivity contribution in [1.82, 2.24) is 24.2 Å². The Bertz CT molecular complexity index is 1170. The average molecular weight is 420 g/mol. The summed E-state index contributed by atoms with van der Waals surface area (Å²) in [7, 11) is -1.82. The van der Waals surface area contributed by atoms with Crippen LogP contribution in [0.3, 0.4) is 0 Å². The second-order valence-corrected chi connectivity index (χ2v) is 9.55. The van der Waals surface area contributed by atoms with E-state index in [0.717, 1.165) is 24.1 Å². The van der Waals surface area contributed by atoms with Crippen LogP contribution in [0.2, 0.25) is 5.02 Å². The molecular formula is C18H18ClN5O3S. The molecule has 0 atom stereocenters. The van der Waals surface area contributed by atoms with E-state index in [2.05, 4.69) is 15.2 Å². The Balaban J connectivity index is 1.51. The molecule has 146 valence electrons. The van der Waals surface area contributed by atoms with Gasteiger partial charge in [-0.1, -0.05) is 22.8 Å². The zero-order chi connectivity index (χ0) is 19.5. The van der Waals surface area contributed by atoms with E-state index in [1.54, 1.807) is 22.9 Å². The maximum atomic E-state index is 13.1. The van der Waals surface area contributed by atoms with E-state index in [4.69, 9.17) is 16.1 Å². The third-order valence-corrected chi connectivity index (χ3v) is 7.30. The molecule has 1 saturated carbocycles. The fourth-order valence-corrected chi connectivity index (χ4v) is 5.27. The summed E-state index contributed by atoms with van der Waals surface area (Å²) < 4.78 is 34.8. The summed E-state index contributed by atoms with van der Waals surface area (Å²) in [5.41, 5.74) is 2.35. The van der Waals surface area contributed by atoms with Crippen LogP contribution in [-0.4, -0.2) is 39.2 Å². The first kappa shape index (κ1) is 17.8. The highest BCUT2D eigenvalue weighted by Gasteiger charge is 2.35. The Hall–Kier alpha value is -2.23. The zero-order valence-corrected chi connectivity index (χ0v) is 16.7. The molecule has 10 heteroatoms. The summed E-state index contributed by atoms with van der Waals surface area (Å²) in [4.78, 5) is 4.66. The summed E-state index contributed by atoms with van der Waals surface area (Å²) in [6, 6.07) is 6.32. The SMILES string of the molecule is Cn1nc(-c2nc(C3CC3)no2)c2c1CCN(S(=O)(=O)c1cccc(Cl)c1)C2. The van der Waals surface area contributed by atoms with E-state index in [1.807, 2.05) is 7.05 Å². The number of aromatic nitrogens is 4. The summed E-state index contributed by atoms with van der Waals surface area (Å²) in [6.45, 7) is 0.576. The van der Waals surface area contributed by atoms with Crippen molar-refractivity contribution in [2.24, 2.45) is 7.05 Å². The molecule has 3 heterocycles. The number of sulfonamides is 1. The van der Waals surface area contributed by atoms with E-state index in [9.17, 15) is 8.42 Å². The number of benzene rings is 1. The Morgan fingerprint density at radius 1 is 1.29 bits per heavy atom. The lowest BCUT2D eigenvalue weighted by Crippen LogP contribution is -2.36. The quantitative estimate of drug-likeness (QED) is 0.645. The number of nitrogens with zero attached hydrogens (tertiary/aromatic N) is 5. The van der Waals surface area contributed by atoms with Gasteiger partial charge in [0.1, 0.15) is 0 Å². The van der Waals surface area contributed by atoms with E-state index in [1.165, 1.54) is 10.4 Å². The van der Waals surface area contributed by atoms with Crippen molar-refractivity contribution < 1.29 is 12.9 Å². The second kappa shape index (κ2) is 6.40. The molecule has 1 aliphatic heterocycles. The lowest BCUT2D eigenvalue weighted by molar-refractivity contribution is 0.385. The minimum Gasteiger partial charge on any atom is -0.332 e. The van der Waals surface area contributed by atoms with Gasteiger partial charge in [0.15, 0.2) is 11.5 Å². The second-order valence-electron chi connectivity index (χ2n) is 7.18. The summed E-state index contributed by atoms with van der Waals surface area (Å²) in [5, 5.41) is 8.98. The highest BCUT2D eigenvalue weighted by Crippen LogP contribution is 2.39. The van der Waals surface area contributed by atoms with E-state index >= 15 is 0 Å². The average Bonchev–Trinajstić information content (AvgIpc) is 3.33. The molecule has 1 fully saturated rings. The van der Waals surface area contributed by atoms with Crippen LogP contribution in [-0.2, 0) is 30.0 Å². The van der Waals surface area contributed by atoms with Crippen LogP contribution in [0.15, 0.2) is 33.7 Å². The zero-order valence-electron chi connectivity index (χ0n) is 15.2. The van der Waals surface area contributed by atoms with Crippen LogP contribution in [0, 0.1) is 0 Å². The molecule has 28 heavy (non-hydrogen) atoms. The third kappa shape index (κ3) is 2.94. The predicted octanol–water partition coefficient (Wildman–Crippen LogP) is 2.75. The maximum absolute atomic E-state index is 13.1. The Morgan fingerprint density at radius 3 is 2.86 bits per heavy atom. The minimum absolute atomic E-state index is 0.183. The number of hydrogen-bond acceptors (Lipinski definition) is 6. The van der Waals surface area contributed by atoms with Crippen LogP contribution in [0.5, 0.6) is 0 Å². The molecule has 2 aromatic heterocycles. The van der Waals surface area contributed by atoms with Gasteiger partial charge in [0, 0.05) is 48.8 Å². The van der Waals surface area contributed by atoms with Gasteiger partial charge in [0.2, 0.25) is 10.0 Å². The summed E-state index contributed by atoms with van der Waals surface area (Å²) >= 11 is 5.99. The van der Waals surface area contributed by atoms with Crippen molar-refractivity contribution in [2.45, 2.75) is 36.6 Å². The molecule has 3 aromatic rings. The van der Waals surface area contributed by atoms with Crippen molar-refractivity contribution in [3.05, 3.63) is 46.4 Å². The molecule has 0 unspecified atom stereocenters. The molecule has 8 nitrogen and oxygen atoms in total. The lowest BCUT2D eigenvalue weighted by atomic mass is 10.1. The summed E-state index contributed by atoms with van der Waals surface area (Å²) in [5.74, 6) is 1.42. The number of halogens is 1. The van der Waals surface area contributed by atoms with Gasteiger partial charge in [-0.15, -0.1) is 0 Å². The monoisotopic (exact) mass is 419 g/mol. The number of rotatable bonds is 4. The van der Waals surface area contributed by atoms with Crippen molar-refractivity contribution in [1.29, 1.82) is 0 Å². The highest BCUT2D eigenvalue weighted by atomic mass is 35.5. The molecule has 0 saturated heterocycles. The van der Waals surface area contributed by atoms with Crippen LogP contribution in [0.4, 0.5) is 0 Å². The first-order valence-electron chi connectivity index (χ1n) is 9.08. The molecule has 2 aliphatic rings. The van der Waals surface area contributed by atoms with Crippen LogP contribution in [0.1, 0.15) is 35.8 Å². The molecular weight excluding hydrogens is 402 g/mol. The largest absolute Gasteiger partial charge is 0.332 e. The van der Waals surface area contributed by atoms with Gasteiger partial charge in [-0.25, -0.2) is 8.42 Å².